The third-order valence-corrected chi connectivity index (χ3v) is 4.56. The fraction of sp³-hybridized carbons (Fsp3) is 0.316. The number of benzene rings is 1. The van der Waals surface area contributed by atoms with Gasteiger partial charge in [0, 0.05) is 19.2 Å². The van der Waals surface area contributed by atoms with Crippen LogP contribution >= 0.6 is 0 Å². The van der Waals surface area contributed by atoms with Crippen LogP contribution in [0.2, 0.25) is 0 Å². The van der Waals surface area contributed by atoms with Crippen molar-refractivity contribution in [2.45, 2.75) is 31.8 Å². The van der Waals surface area contributed by atoms with Gasteiger partial charge in [-0.3, -0.25) is 14.3 Å². The molecule has 1 fully saturated rings. The van der Waals surface area contributed by atoms with E-state index in [0.29, 0.717) is 12.2 Å². The lowest BCUT2D eigenvalue weighted by molar-refractivity contribution is 0.0940. The first-order valence-corrected chi connectivity index (χ1v) is 8.53. The standard InChI is InChI=1S/C19H20N4O2/c1-20-19(25)17-10-16(18(24)21-15-7-8-15)22-23(17)11-12-5-6-13-3-2-4-14(13)9-12/h2,4-6,9-10,15H,3,7-8,11H2,1H3,(H,20,25)(H,21,24). The van der Waals surface area contributed by atoms with Crippen molar-refractivity contribution in [3.8, 4) is 0 Å². The average Bonchev–Trinajstić information content (AvgIpc) is 3.14. The summed E-state index contributed by atoms with van der Waals surface area (Å²) in [5.41, 5.74) is 4.23. The quantitative estimate of drug-likeness (QED) is 0.873. The molecule has 1 saturated carbocycles. The van der Waals surface area contributed by atoms with E-state index in [1.165, 1.54) is 11.1 Å². The molecule has 6 nitrogen and oxygen atoms in total. The average molecular weight is 336 g/mol. The Morgan fingerprint density at radius 3 is 2.84 bits per heavy atom. The summed E-state index contributed by atoms with van der Waals surface area (Å²) in [6.45, 7) is 0.445. The lowest BCUT2D eigenvalue weighted by Gasteiger charge is -2.08. The van der Waals surface area contributed by atoms with Gasteiger partial charge in [0.1, 0.15) is 5.69 Å². The first-order valence-electron chi connectivity index (χ1n) is 8.53. The van der Waals surface area contributed by atoms with Gasteiger partial charge in [0.15, 0.2) is 5.69 Å². The van der Waals surface area contributed by atoms with Crippen molar-refractivity contribution in [1.29, 1.82) is 0 Å². The monoisotopic (exact) mass is 336 g/mol. The van der Waals surface area contributed by atoms with E-state index in [9.17, 15) is 9.59 Å². The Balaban J connectivity index is 1.62. The second-order valence-electron chi connectivity index (χ2n) is 6.54. The van der Waals surface area contributed by atoms with Gasteiger partial charge in [-0.15, -0.1) is 0 Å². The molecule has 2 aromatic rings. The number of fused-ring (bicyclic) bond motifs is 1. The van der Waals surface area contributed by atoms with Crippen molar-refractivity contribution in [2.75, 3.05) is 7.05 Å². The molecule has 0 radical (unpaired) electrons. The second-order valence-corrected chi connectivity index (χ2v) is 6.54. The van der Waals surface area contributed by atoms with Crippen molar-refractivity contribution in [3.63, 3.8) is 0 Å². The summed E-state index contributed by atoms with van der Waals surface area (Å²) in [6.07, 6.45) is 7.23. The Bertz CT molecular complexity index is 878. The largest absolute Gasteiger partial charge is 0.354 e. The molecule has 4 rings (SSSR count). The lowest BCUT2D eigenvalue weighted by Crippen LogP contribution is -2.25. The molecular formula is C19H20N4O2. The number of allylic oxidation sites excluding steroid dienone is 1. The molecule has 0 spiro atoms. The highest BCUT2D eigenvalue weighted by molar-refractivity contribution is 5.98. The van der Waals surface area contributed by atoms with E-state index in [-0.39, 0.29) is 23.6 Å². The summed E-state index contributed by atoms with van der Waals surface area (Å²) in [6, 6.07) is 8.08. The predicted octanol–water partition coefficient (Wildman–Crippen LogP) is 1.75. The van der Waals surface area contributed by atoms with Gasteiger partial charge < -0.3 is 10.6 Å². The van der Waals surface area contributed by atoms with Gasteiger partial charge in [0.25, 0.3) is 11.8 Å². The number of hydrogen-bond acceptors (Lipinski definition) is 3. The molecule has 2 N–H and O–H groups in total. The molecule has 0 saturated heterocycles. The van der Waals surface area contributed by atoms with Crippen LogP contribution in [-0.4, -0.2) is 34.7 Å². The number of rotatable bonds is 5. The molecule has 25 heavy (non-hydrogen) atoms. The highest BCUT2D eigenvalue weighted by atomic mass is 16.2. The van der Waals surface area contributed by atoms with Gasteiger partial charge in [0.05, 0.1) is 6.54 Å². The molecule has 6 heteroatoms. The van der Waals surface area contributed by atoms with Gasteiger partial charge in [-0.05, 0) is 42.0 Å². The van der Waals surface area contributed by atoms with Gasteiger partial charge in [-0.1, -0.05) is 24.3 Å². The molecule has 1 aromatic carbocycles. The zero-order valence-electron chi connectivity index (χ0n) is 14.1. The van der Waals surface area contributed by atoms with Crippen molar-refractivity contribution in [2.24, 2.45) is 0 Å². The maximum atomic E-state index is 12.2. The minimum atomic E-state index is -0.251. The minimum absolute atomic E-state index is 0.219. The Hall–Kier alpha value is -2.89. The van der Waals surface area contributed by atoms with Gasteiger partial charge in [-0.2, -0.15) is 5.10 Å². The van der Waals surface area contributed by atoms with Gasteiger partial charge >= 0.3 is 0 Å². The molecule has 128 valence electrons. The Kier molecular flexibility index (Phi) is 3.87. The van der Waals surface area contributed by atoms with Crippen LogP contribution in [0.25, 0.3) is 6.08 Å². The highest BCUT2D eigenvalue weighted by Crippen LogP contribution is 2.22. The van der Waals surface area contributed by atoms with Crippen molar-refractivity contribution in [1.82, 2.24) is 20.4 Å². The lowest BCUT2D eigenvalue weighted by atomic mass is 10.1. The Morgan fingerprint density at radius 1 is 1.24 bits per heavy atom. The molecule has 0 unspecified atom stereocenters. The fourth-order valence-electron chi connectivity index (χ4n) is 3.02. The summed E-state index contributed by atoms with van der Waals surface area (Å²) < 4.78 is 1.60. The zero-order valence-corrected chi connectivity index (χ0v) is 14.1. The topological polar surface area (TPSA) is 76.0 Å². The molecule has 1 heterocycles. The van der Waals surface area contributed by atoms with E-state index in [4.69, 9.17) is 0 Å². The molecule has 2 aliphatic rings. The number of amides is 2. The van der Waals surface area contributed by atoms with E-state index in [0.717, 1.165) is 24.8 Å². The van der Waals surface area contributed by atoms with Crippen LogP contribution in [0.5, 0.6) is 0 Å². The maximum absolute atomic E-state index is 12.2. The van der Waals surface area contributed by atoms with Crippen LogP contribution in [0.4, 0.5) is 0 Å². The summed E-state index contributed by atoms with van der Waals surface area (Å²) in [5.74, 6) is -0.470. The molecule has 1 aromatic heterocycles. The van der Waals surface area contributed by atoms with E-state index >= 15 is 0 Å². The molecule has 0 bridgehead atoms. The second kappa shape index (κ2) is 6.20. The van der Waals surface area contributed by atoms with Crippen LogP contribution in [0.3, 0.4) is 0 Å². The predicted molar refractivity (Wildman–Crippen MR) is 94.4 cm³/mol. The molecule has 0 aliphatic heterocycles. The minimum Gasteiger partial charge on any atom is -0.354 e. The van der Waals surface area contributed by atoms with Gasteiger partial charge in [-0.25, -0.2) is 0 Å². The Morgan fingerprint density at radius 2 is 2.08 bits per heavy atom. The number of carbonyl (C=O) groups is 2. The van der Waals surface area contributed by atoms with Crippen LogP contribution < -0.4 is 10.6 Å². The Labute approximate surface area is 145 Å². The summed E-state index contributed by atoms with van der Waals surface area (Å²) in [7, 11) is 1.57. The maximum Gasteiger partial charge on any atom is 0.272 e. The van der Waals surface area contributed by atoms with Gasteiger partial charge in [0.2, 0.25) is 0 Å². The first kappa shape index (κ1) is 15.6. The number of hydrogen-bond donors (Lipinski definition) is 2. The van der Waals surface area contributed by atoms with Crippen LogP contribution in [0.1, 0.15) is 50.5 Å². The number of aromatic nitrogens is 2. The number of nitrogens with one attached hydrogen (secondary N) is 2. The van der Waals surface area contributed by atoms with Crippen molar-refractivity contribution in [3.05, 3.63) is 58.4 Å². The van der Waals surface area contributed by atoms with E-state index in [1.54, 1.807) is 17.8 Å². The SMILES string of the molecule is CNC(=O)c1cc(C(=O)NC2CC2)nn1Cc1ccc2c(c1)C=CC2. The van der Waals surface area contributed by atoms with E-state index in [2.05, 4.69) is 40.0 Å². The van der Waals surface area contributed by atoms with Crippen LogP contribution in [0, 0.1) is 0 Å². The van der Waals surface area contributed by atoms with Crippen LogP contribution in [-0.2, 0) is 13.0 Å². The highest BCUT2D eigenvalue weighted by Gasteiger charge is 2.26. The van der Waals surface area contributed by atoms with Crippen molar-refractivity contribution < 1.29 is 9.59 Å². The van der Waals surface area contributed by atoms with Crippen LogP contribution in [0.15, 0.2) is 30.3 Å². The third-order valence-electron chi connectivity index (χ3n) is 4.56. The summed E-state index contributed by atoms with van der Waals surface area (Å²) in [4.78, 5) is 24.4. The molecule has 0 atom stereocenters. The smallest absolute Gasteiger partial charge is 0.272 e. The molecule has 2 amide bonds. The van der Waals surface area contributed by atoms with Crippen molar-refractivity contribution >= 4 is 17.9 Å². The van der Waals surface area contributed by atoms with E-state index < -0.39 is 0 Å². The summed E-state index contributed by atoms with van der Waals surface area (Å²) >= 11 is 0. The first-order chi connectivity index (χ1) is 12.1. The number of nitrogens with zero attached hydrogens (tertiary/aromatic N) is 2. The van der Waals surface area contributed by atoms with E-state index in [1.807, 2.05) is 6.07 Å². The molecule has 2 aliphatic carbocycles. The summed E-state index contributed by atoms with van der Waals surface area (Å²) in [5, 5.41) is 9.90. The fourth-order valence-corrected chi connectivity index (χ4v) is 3.02. The number of carbonyl (C=O) groups excluding carboxylic acids is 2. The normalized spacial score (nSPS) is 15.1. The zero-order chi connectivity index (χ0) is 17.4. The third kappa shape index (κ3) is 3.20. The molecular weight excluding hydrogens is 316 g/mol.